The van der Waals surface area contributed by atoms with Gasteiger partial charge >= 0.3 is 5.97 Å². The molecule has 0 aliphatic carbocycles. The fourth-order valence-corrected chi connectivity index (χ4v) is 3.54. The summed E-state index contributed by atoms with van der Waals surface area (Å²) < 4.78 is 6.53. The van der Waals surface area contributed by atoms with Crippen molar-refractivity contribution >= 4 is 29.0 Å². The Labute approximate surface area is 186 Å². The number of carbonyl (C=O) groups excluding carboxylic acids is 2. The van der Waals surface area contributed by atoms with Gasteiger partial charge in [0, 0.05) is 35.2 Å². The first kappa shape index (κ1) is 21.2. The number of nitrogens with zero attached hydrogens (tertiary/aromatic N) is 7. The third-order valence-corrected chi connectivity index (χ3v) is 4.90. The molecule has 0 aliphatic heterocycles. The van der Waals surface area contributed by atoms with Crippen LogP contribution in [0.25, 0.3) is 16.8 Å². The van der Waals surface area contributed by atoms with Gasteiger partial charge in [0.2, 0.25) is 0 Å². The number of ether oxygens (including phenoxy) is 1. The Morgan fingerprint density at radius 2 is 1.75 bits per heavy atom. The van der Waals surface area contributed by atoms with E-state index in [1.54, 1.807) is 31.5 Å². The largest absolute Gasteiger partial charge is 0.451 e. The molecule has 0 aromatic carbocycles. The summed E-state index contributed by atoms with van der Waals surface area (Å²) in [4.78, 5) is 45.7. The molecule has 0 radical (unpaired) electrons. The van der Waals surface area contributed by atoms with Crippen LogP contribution in [0.4, 0.5) is 5.82 Å². The fourth-order valence-electron chi connectivity index (χ4n) is 2.81. The second kappa shape index (κ2) is 8.98. The number of esters is 1. The van der Waals surface area contributed by atoms with Crippen LogP contribution in [0.5, 0.6) is 0 Å². The molecule has 12 heteroatoms. The Balaban J connectivity index is 1.41. The van der Waals surface area contributed by atoms with Crippen molar-refractivity contribution in [2.24, 2.45) is 0 Å². The molecule has 4 aromatic rings. The van der Waals surface area contributed by atoms with Crippen molar-refractivity contribution in [3.8, 4) is 16.8 Å². The van der Waals surface area contributed by atoms with E-state index in [9.17, 15) is 9.59 Å². The van der Waals surface area contributed by atoms with Gasteiger partial charge in [0.05, 0.1) is 5.69 Å². The van der Waals surface area contributed by atoms with Crippen LogP contribution in [-0.2, 0) is 9.53 Å². The molecule has 0 atom stereocenters. The van der Waals surface area contributed by atoms with Crippen molar-refractivity contribution in [3.05, 3.63) is 58.7 Å². The molecular weight excluding hydrogens is 432 g/mol. The van der Waals surface area contributed by atoms with Crippen LogP contribution in [0.1, 0.15) is 27.6 Å². The predicted molar refractivity (Wildman–Crippen MR) is 115 cm³/mol. The number of anilines is 1. The van der Waals surface area contributed by atoms with E-state index in [-0.39, 0.29) is 5.69 Å². The third-order valence-electron chi connectivity index (χ3n) is 4.06. The highest BCUT2D eigenvalue weighted by Gasteiger charge is 2.18. The van der Waals surface area contributed by atoms with Gasteiger partial charge in [-0.25, -0.2) is 29.7 Å². The lowest BCUT2D eigenvalue weighted by Gasteiger charge is -2.09. The summed E-state index contributed by atoms with van der Waals surface area (Å²) in [6.07, 6.45) is 3.17. The monoisotopic (exact) mass is 450 g/mol. The van der Waals surface area contributed by atoms with Crippen LogP contribution in [0.2, 0.25) is 0 Å². The van der Waals surface area contributed by atoms with E-state index in [2.05, 4.69) is 35.3 Å². The van der Waals surface area contributed by atoms with Crippen molar-refractivity contribution < 1.29 is 14.3 Å². The minimum absolute atomic E-state index is 0.0785. The van der Waals surface area contributed by atoms with Gasteiger partial charge in [-0.05, 0) is 32.9 Å². The van der Waals surface area contributed by atoms with Crippen LogP contribution in [0.15, 0.2) is 36.0 Å². The Bertz CT molecular complexity index is 1270. The zero-order valence-electron chi connectivity index (χ0n) is 17.4. The number of aryl methyl sites for hydroxylation is 3. The topological polar surface area (TPSA) is 138 Å². The van der Waals surface area contributed by atoms with Gasteiger partial charge < -0.3 is 10.1 Å². The van der Waals surface area contributed by atoms with Crippen molar-refractivity contribution in [3.63, 3.8) is 0 Å². The molecular formula is C20H18N8O3S. The van der Waals surface area contributed by atoms with Gasteiger partial charge in [0.1, 0.15) is 5.82 Å². The summed E-state index contributed by atoms with van der Waals surface area (Å²) in [5, 5.41) is 9.02. The first-order valence-electron chi connectivity index (χ1n) is 9.48. The maximum Gasteiger partial charge on any atom is 0.358 e. The summed E-state index contributed by atoms with van der Waals surface area (Å²) in [6.45, 7) is 4.98. The molecule has 0 spiro atoms. The van der Waals surface area contributed by atoms with Gasteiger partial charge in [-0.1, -0.05) is 0 Å². The lowest BCUT2D eigenvalue weighted by molar-refractivity contribution is -0.119. The van der Waals surface area contributed by atoms with Crippen molar-refractivity contribution in [2.45, 2.75) is 20.8 Å². The molecule has 4 aromatic heterocycles. The van der Waals surface area contributed by atoms with E-state index in [0.29, 0.717) is 28.3 Å². The molecule has 0 bridgehead atoms. The van der Waals surface area contributed by atoms with E-state index in [0.717, 1.165) is 11.4 Å². The van der Waals surface area contributed by atoms with E-state index in [1.165, 1.54) is 21.4 Å². The molecule has 4 rings (SSSR count). The number of aromatic nitrogens is 7. The molecule has 162 valence electrons. The molecule has 0 aliphatic rings. The molecule has 0 saturated heterocycles. The average molecular weight is 450 g/mol. The number of amides is 1. The fraction of sp³-hybridized carbons (Fsp3) is 0.200. The average Bonchev–Trinajstić information content (AvgIpc) is 3.39. The smallest absolute Gasteiger partial charge is 0.358 e. The van der Waals surface area contributed by atoms with Crippen molar-refractivity contribution in [2.75, 3.05) is 11.9 Å². The second-order valence-corrected chi connectivity index (χ2v) is 7.63. The molecule has 1 amide bonds. The number of nitrogens with one attached hydrogen (secondary N) is 1. The summed E-state index contributed by atoms with van der Waals surface area (Å²) in [6, 6.07) is 5.20. The normalized spacial score (nSPS) is 10.7. The molecule has 11 nitrogen and oxygen atoms in total. The van der Waals surface area contributed by atoms with Crippen LogP contribution >= 0.6 is 11.3 Å². The van der Waals surface area contributed by atoms with Crippen molar-refractivity contribution in [1.29, 1.82) is 0 Å². The lowest BCUT2D eigenvalue weighted by Crippen LogP contribution is -2.23. The zero-order chi connectivity index (χ0) is 22.7. The number of rotatable bonds is 6. The summed E-state index contributed by atoms with van der Waals surface area (Å²) in [5.74, 6) is -0.148. The highest BCUT2D eigenvalue weighted by Crippen LogP contribution is 2.20. The van der Waals surface area contributed by atoms with Gasteiger partial charge in [-0.2, -0.15) is 9.78 Å². The third kappa shape index (κ3) is 4.81. The standard InChI is InChI=1S/C20H18N8O3S/c1-11-7-12(2)24-20(23-11)28-15(8-13(3)27-28)26-16(29)9-31-19(30)14-10-32-18(25-14)17-21-5-4-6-22-17/h4-8,10H,9H2,1-3H3,(H,26,29). The lowest BCUT2D eigenvalue weighted by atomic mass is 10.4. The quantitative estimate of drug-likeness (QED) is 0.438. The predicted octanol–water partition coefficient (Wildman–Crippen LogP) is 2.30. The Morgan fingerprint density at radius 3 is 2.47 bits per heavy atom. The van der Waals surface area contributed by atoms with Gasteiger partial charge in [-0.15, -0.1) is 11.3 Å². The minimum atomic E-state index is -0.721. The van der Waals surface area contributed by atoms with Crippen molar-refractivity contribution in [1.82, 2.24) is 34.7 Å². The minimum Gasteiger partial charge on any atom is -0.451 e. The summed E-state index contributed by atoms with van der Waals surface area (Å²) in [7, 11) is 0. The first-order valence-corrected chi connectivity index (χ1v) is 10.4. The van der Waals surface area contributed by atoms with E-state index in [4.69, 9.17) is 4.74 Å². The van der Waals surface area contributed by atoms with E-state index in [1.807, 2.05) is 19.9 Å². The highest BCUT2D eigenvalue weighted by molar-refractivity contribution is 7.13. The molecule has 0 saturated carbocycles. The maximum atomic E-state index is 12.4. The van der Waals surface area contributed by atoms with Crippen LogP contribution in [-0.4, -0.2) is 53.2 Å². The SMILES string of the molecule is Cc1cc(C)nc(-n2nc(C)cc2NC(=O)COC(=O)c2csc(-c3ncccn3)n2)n1. The molecule has 1 N–H and O–H groups in total. The molecule has 0 unspecified atom stereocenters. The summed E-state index contributed by atoms with van der Waals surface area (Å²) >= 11 is 1.21. The molecule has 4 heterocycles. The Morgan fingerprint density at radius 1 is 1.03 bits per heavy atom. The van der Waals surface area contributed by atoms with E-state index < -0.39 is 18.5 Å². The second-order valence-electron chi connectivity index (χ2n) is 6.77. The van der Waals surface area contributed by atoms with Gasteiger partial charge in [0.25, 0.3) is 11.9 Å². The van der Waals surface area contributed by atoms with Crippen LogP contribution < -0.4 is 5.32 Å². The first-order chi connectivity index (χ1) is 15.4. The number of hydrogen-bond donors (Lipinski definition) is 1. The van der Waals surface area contributed by atoms with E-state index >= 15 is 0 Å². The Hall–Kier alpha value is -4.06. The Kier molecular flexibility index (Phi) is 5.94. The van der Waals surface area contributed by atoms with Gasteiger partial charge in [0.15, 0.2) is 23.1 Å². The maximum absolute atomic E-state index is 12.4. The molecule has 0 fully saturated rings. The number of carbonyl (C=O) groups is 2. The number of thiazole rings is 1. The highest BCUT2D eigenvalue weighted by atomic mass is 32.1. The summed E-state index contributed by atoms with van der Waals surface area (Å²) in [5.41, 5.74) is 2.29. The number of hydrogen-bond acceptors (Lipinski definition) is 10. The van der Waals surface area contributed by atoms with Gasteiger partial charge in [-0.3, -0.25) is 4.79 Å². The van der Waals surface area contributed by atoms with Crippen LogP contribution in [0, 0.1) is 20.8 Å². The zero-order valence-corrected chi connectivity index (χ0v) is 18.3. The molecule has 32 heavy (non-hydrogen) atoms. The van der Waals surface area contributed by atoms with Crippen LogP contribution in [0.3, 0.4) is 0 Å².